The Balaban J connectivity index is 3.40. The second-order valence-electron chi connectivity index (χ2n) is 4.90. The normalized spacial score (nSPS) is 13.4. The first kappa shape index (κ1) is 14.2. The summed E-state index contributed by atoms with van der Waals surface area (Å²) >= 11 is 0. The average molecular weight is 216 g/mol. The highest BCUT2D eigenvalue weighted by molar-refractivity contribution is 5.67. The molecule has 0 aromatic heterocycles. The molecule has 0 saturated carbocycles. The van der Waals surface area contributed by atoms with Crippen molar-refractivity contribution in [2.24, 2.45) is 5.73 Å². The first-order valence-corrected chi connectivity index (χ1v) is 5.53. The fourth-order valence-corrected chi connectivity index (χ4v) is 1.10. The summed E-state index contributed by atoms with van der Waals surface area (Å²) in [4.78, 5) is 11.2. The van der Waals surface area contributed by atoms with E-state index in [9.17, 15) is 4.79 Å². The number of carbonyl (C=O) groups is 1. The number of nitrogens with two attached hydrogens (primary N) is 1. The van der Waals surface area contributed by atoms with Gasteiger partial charge in [0.25, 0.3) is 0 Å². The monoisotopic (exact) mass is 216 g/mol. The lowest BCUT2D eigenvalue weighted by Gasteiger charge is -2.19. The van der Waals surface area contributed by atoms with Crippen LogP contribution in [-0.4, -0.2) is 24.3 Å². The number of hydrogen-bond donors (Lipinski definition) is 2. The van der Waals surface area contributed by atoms with Gasteiger partial charge in [-0.25, -0.2) is 4.79 Å². The molecule has 0 aliphatic rings. The Labute approximate surface area is 92.6 Å². The lowest BCUT2D eigenvalue weighted by atomic mass is 10.1. The van der Waals surface area contributed by atoms with Gasteiger partial charge in [-0.3, -0.25) is 0 Å². The molecule has 0 rings (SSSR count). The second kappa shape index (κ2) is 6.67. The molecule has 15 heavy (non-hydrogen) atoms. The molecule has 4 heteroatoms. The molecule has 1 atom stereocenters. The topological polar surface area (TPSA) is 64.3 Å². The molecule has 90 valence electrons. The Kier molecular flexibility index (Phi) is 6.32. The van der Waals surface area contributed by atoms with Crippen LogP contribution in [0.2, 0.25) is 0 Å². The third-order valence-electron chi connectivity index (χ3n) is 1.75. The Bertz CT molecular complexity index is 186. The van der Waals surface area contributed by atoms with Gasteiger partial charge in [-0.1, -0.05) is 6.42 Å². The fraction of sp³-hybridized carbons (Fsp3) is 0.909. The van der Waals surface area contributed by atoms with Crippen molar-refractivity contribution in [1.82, 2.24) is 5.32 Å². The van der Waals surface area contributed by atoms with Gasteiger partial charge in [0.15, 0.2) is 0 Å². The molecule has 4 nitrogen and oxygen atoms in total. The number of nitrogens with one attached hydrogen (secondary N) is 1. The van der Waals surface area contributed by atoms with E-state index in [2.05, 4.69) is 5.32 Å². The number of alkyl carbamates (subject to hydrolysis) is 1. The van der Waals surface area contributed by atoms with Crippen LogP contribution >= 0.6 is 0 Å². The van der Waals surface area contributed by atoms with E-state index in [4.69, 9.17) is 10.5 Å². The van der Waals surface area contributed by atoms with Crippen molar-refractivity contribution in [2.75, 3.05) is 6.54 Å². The average Bonchev–Trinajstić information content (AvgIpc) is 1.99. The molecule has 0 saturated heterocycles. The summed E-state index contributed by atoms with van der Waals surface area (Å²) in [6.45, 7) is 8.19. The van der Waals surface area contributed by atoms with Crippen molar-refractivity contribution in [3.63, 3.8) is 0 Å². The highest BCUT2D eigenvalue weighted by Gasteiger charge is 2.15. The predicted molar refractivity (Wildman–Crippen MR) is 61.7 cm³/mol. The molecule has 0 spiro atoms. The van der Waals surface area contributed by atoms with Gasteiger partial charge in [-0.15, -0.1) is 0 Å². The van der Waals surface area contributed by atoms with Crippen LogP contribution in [0.25, 0.3) is 0 Å². The van der Waals surface area contributed by atoms with E-state index in [1.165, 1.54) is 0 Å². The van der Waals surface area contributed by atoms with Crippen molar-refractivity contribution >= 4 is 6.09 Å². The fourth-order valence-electron chi connectivity index (χ4n) is 1.10. The number of carbonyl (C=O) groups excluding carboxylic acids is 1. The zero-order valence-corrected chi connectivity index (χ0v) is 10.3. The summed E-state index contributed by atoms with van der Waals surface area (Å²) in [5.41, 5.74) is 5.18. The quantitative estimate of drug-likeness (QED) is 0.691. The second-order valence-corrected chi connectivity index (χ2v) is 4.90. The van der Waals surface area contributed by atoms with E-state index < -0.39 is 5.60 Å². The smallest absolute Gasteiger partial charge is 0.407 e. The summed E-state index contributed by atoms with van der Waals surface area (Å²) in [5.74, 6) is 0. The number of hydrogen-bond acceptors (Lipinski definition) is 3. The Morgan fingerprint density at radius 2 is 2.00 bits per heavy atom. The van der Waals surface area contributed by atoms with Gasteiger partial charge in [0.2, 0.25) is 0 Å². The van der Waals surface area contributed by atoms with Crippen LogP contribution in [-0.2, 0) is 4.74 Å². The minimum atomic E-state index is -0.421. The molecule has 0 bridgehead atoms. The van der Waals surface area contributed by atoms with Crippen LogP contribution in [0.3, 0.4) is 0 Å². The van der Waals surface area contributed by atoms with Crippen LogP contribution in [0, 0.1) is 0 Å². The van der Waals surface area contributed by atoms with Crippen molar-refractivity contribution in [2.45, 2.75) is 58.6 Å². The highest BCUT2D eigenvalue weighted by atomic mass is 16.6. The SMILES string of the molecule is CC(N)CCCCNC(=O)OC(C)(C)C. The highest BCUT2D eigenvalue weighted by Crippen LogP contribution is 2.06. The molecule has 0 aliphatic carbocycles. The summed E-state index contributed by atoms with van der Waals surface area (Å²) in [6, 6.07) is 0.242. The molecule has 0 aromatic rings. The van der Waals surface area contributed by atoms with Gasteiger partial charge >= 0.3 is 6.09 Å². The van der Waals surface area contributed by atoms with Gasteiger partial charge < -0.3 is 15.8 Å². The first-order chi connectivity index (χ1) is 6.81. The third kappa shape index (κ3) is 11.2. The van der Waals surface area contributed by atoms with E-state index in [1.54, 1.807) is 0 Å². The lowest BCUT2D eigenvalue weighted by Crippen LogP contribution is -2.33. The molecule has 0 aromatic carbocycles. The summed E-state index contributed by atoms with van der Waals surface area (Å²) < 4.78 is 5.09. The van der Waals surface area contributed by atoms with Gasteiger partial charge in [0, 0.05) is 12.6 Å². The van der Waals surface area contributed by atoms with E-state index in [-0.39, 0.29) is 12.1 Å². The van der Waals surface area contributed by atoms with Crippen LogP contribution < -0.4 is 11.1 Å². The molecule has 0 aliphatic heterocycles. The molecule has 1 unspecified atom stereocenters. The van der Waals surface area contributed by atoms with Crippen molar-refractivity contribution < 1.29 is 9.53 Å². The Morgan fingerprint density at radius 1 is 1.40 bits per heavy atom. The Hall–Kier alpha value is -0.770. The molecular weight excluding hydrogens is 192 g/mol. The van der Waals surface area contributed by atoms with Crippen molar-refractivity contribution in [1.29, 1.82) is 0 Å². The number of rotatable bonds is 5. The maximum atomic E-state index is 11.2. The van der Waals surface area contributed by atoms with Crippen LogP contribution in [0.1, 0.15) is 47.0 Å². The van der Waals surface area contributed by atoms with Crippen LogP contribution in [0.4, 0.5) is 4.79 Å². The van der Waals surface area contributed by atoms with E-state index in [0.29, 0.717) is 6.54 Å². The number of amides is 1. The molecule has 3 N–H and O–H groups in total. The maximum Gasteiger partial charge on any atom is 0.407 e. The molecule has 0 heterocycles. The minimum Gasteiger partial charge on any atom is -0.444 e. The van der Waals surface area contributed by atoms with Crippen molar-refractivity contribution in [3.05, 3.63) is 0 Å². The minimum absolute atomic E-state index is 0.242. The number of ether oxygens (including phenoxy) is 1. The Morgan fingerprint density at radius 3 is 2.47 bits per heavy atom. The van der Waals surface area contributed by atoms with Gasteiger partial charge in [-0.2, -0.15) is 0 Å². The zero-order chi connectivity index (χ0) is 11.9. The van der Waals surface area contributed by atoms with E-state index in [0.717, 1.165) is 19.3 Å². The standard InChI is InChI=1S/C11H24N2O2/c1-9(12)7-5-6-8-13-10(14)15-11(2,3)4/h9H,5-8,12H2,1-4H3,(H,13,14). The van der Waals surface area contributed by atoms with Crippen LogP contribution in [0.5, 0.6) is 0 Å². The molecule has 1 amide bonds. The van der Waals surface area contributed by atoms with E-state index >= 15 is 0 Å². The maximum absolute atomic E-state index is 11.2. The summed E-state index contributed by atoms with van der Waals surface area (Å²) in [7, 11) is 0. The van der Waals surface area contributed by atoms with Gasteiger partial charge in [-0.05, 0) is 40.5 Å². The molecule has 0 radical (unpaired) electrons. The lowest BCUT2D eigenvalue weighted by molar-refractivity contribution is 0.0527. The van der Waals surface area contributed by atoms with Gasteiger partial charge in [0.05, 0.1) is 0 Å². The van der Waals surface area contributed by atoms with Gasteiger partial charge in [0.1, 0.15) is 5.60 Å². The summed E-state index contributed by atoms with van der Waals surface area (Å²) in [5, 5.41) is 2.71. The first-order valence-electron chi connectivity index (χ1n) is 5.53. The largest absolute Gasteiger partial charge is 0.444 e. The van der Waals surface area contributed by atoms with E-state index in [1.807, 2.05) is 27.7 Å². The third-order valence-corrected chi connectivity index (χ3v) is 1.75. The van der Waals surface area contributed by atoms with Crippen molar-refractivity contribution in [3.8, 4) is 0 Å². The number of unbranched alkanes of at least 4 members (excludes halogenated alkanes) is 1. The molecule has 0 fully saturated rings. The van der Waals surface area contributed by atoms with Crippen LogP contribution in [0.15, 0.2) is 0 Å². The summed E-state index contributed by atoms with van der Waals surface area (Å²) in [6.07, 6.45) is 2.63. The predicted octanol–water partition coefficient (Wildman–Crippen LogP) is 2.03. The molecular formula is C11H24N2O2. The zero-order valence-electron chi connectivity index (χ0n) is 10.3.